The van der Waals surface area contributed by atoms with Crippen molar-refractivity contribution in [3.63, 3.8) is 0 Å². The van der Waals surface area contributed by atoms with Crippen molar-refractivity contribution < 1.29 is 19.1 Å². The zero-order valence-electron chi connectivity index (χ0n) is 21.1. The van der Waals surface area contributed by atoms with Gasteiger partial charge < -0.3 is 9.47 Å². The highest BCUT2D eigenvalue weighted by Gasteiger charge is 2.24. The molecule has 0 amide bonds. The number of allylic oxidation sites excluding steroid dienone is 1. The number of aryl methyl sites for hydroxylation is 1. The molecule has 0 spiro atoms. The Kier molecular flexibility index (Phi) is 8.37. The van der Waals surface area contributed by atoms with Gasteiger partial charge in [-0.2, -0.15) is 0 Å². The predicted octanol–water partition coefficient (Wildman–Crippen LogP) is 7.26. The van der Waals surface area contributed by atoms with Crippen molar-refractivity contribution in [1.29, 1.82) is 0 Å². The molecule has 3 aromatic rings. The third-order valence-electron chi connectivity index (χ3n) is 7.13. The van der Waals surface area contributed by atoms with E-state index >= 15 is 0 Å². The van der Waals surface area contributed by atoms with Gasteiger partial charge in [0, 0.05) is 0 Å². The van der Waals surface area contributed by atoms with Crippen LogP contribution in [-0.4, -0.2) is 24.1 Å². The van der Waals surface area contributed by atoms with Crippen molar-refractivity contribution >= 4 is 11.9 Å². The summed E-state index contributed by atoms with van der Waals surface area (Å²) >= 11 is 0. The van der Waals surface area contributed by atoms with Crippen molar-refractivity contribution in [2.45, 2.75) is 63.6 Å². The molecule has 0 saturated carbocycles. The summed E-state index contributed by atoms with van der Waals surface area (Å²) in [7, 11) is 0. The number of benzene rings is 3. The fourth-order valence-electron chi connectivity index (χ4n) is 4.77. The van der Waals surface area contributed by atoms with Crippen LogP contribution in [0.1, 0.15) is 82.4 Å². The van der Waals surface area contributed by atoms with Crippen molar-refractivity contribution in [3.05, 3.63) is 119 Å². The van der Waals surface area contributed by atoms with E-state index in [9.17, 15) is 9.59 Å². The van der Waals surface area contributed by atoms with Gasteiger partial charge in [-0.3, -0.25) is 0 Å². The van der Waals surface area contributed by atoms with E-state index in [1.165, 1.54) is 16.7 Å². The largest absolute Gasteiger partial charge is 0.455 e. The Morgan fingerprint density at radius 1 is 0.750 bits per heavy atom. The molecule has 0 fully saturated rings. The second kappa shape index (κ2) is 11.9. The first kappa shape index (κ1) is 25.4. The summed E-state index contributed by atoms with van der Waals surface area (Å²) in [5.74, 6) is -0.297. The van der Waals surface area contributed by atoms with Crippen LogP contribution in [0.5, 0.6) is 0 Å². The molecule has 7 rings (SSSR count). The summed E-state index contributed by atoms with van der Waals surface area (Å²) in [6.07, 6.45) is 4.53. The second-order valence-corrected chi connectivity index (χ2v) is 9.64. The van der Waals surface area contributed by atoms with Crippen molar-refractivity contribution in [2.24, 2.45) is 0 Å². The van der Waals surface area contributed by atoms with Crippen LogP contribution < -0.4 is 0 Å². The normalized spacial score (nSPS) is 22.5. The zero-order valence-corrected chi connectivity index (χ0v) is 21.1. The maximum atomic E-state index is 12.8. The van der Waals surface area contributed by atoms with Gasteiger partial charge in [-0.05, 0) is 92.3 Å². The molecule has 4 aliphatic rings. The first-order valence-electron chi connectivity index (χ1n) is 12.7. The molecule has 0 saturated heterocycles. The Balaban J connectivity index is 1.70. The van der Waals surface area contributed by atoms with Crippen LogP contribution in [0.4, 0.5) is 0 Å². The fraction of sp³-hybridized carbons (Fsp3) is 0.312. The smallest absolute Gasteiger partial charge is 0.338 e. The van der Waals surface area contributed by atoms with Gasteiger partial charge >= 0.3 is 11.9 Å². The van der Waals surface area contributed by atoms with Gasteiger partial charge in [0.25, 0.3) is 0 Å². The van der Waals surface area contributed by atoms with Gasteiger partial charge in [0.2, 0.25) is 0 Å². The lowest BCUT2D eigenvalue weighted by Crippen LogP contribution is -2.30. The molecule has 36 heavy (non-hydrogen) atoms. The van der Waals surface area contributed by atoms with Gasteiger partial charge in [-0.25, -0.2) is 9.59 Å². The molecular weight excluding hydrogens is 448 g/mol. The molecular formula is C32H34O4. The molecule has 4 atom stereocenters. The molecule has 4 heteroatoms. The Labute approximate surface area is 214 Å². The Hall–Kier alpha value is -3.66. The highest BCUT2D eigenvalue weighted by molar-refractivity contribution is 5.90. The number of carbonyl (C=O) groups excluding carboxylic acids is 2. The van der Waals surface area contributed by atoms with Crippen molar-refractivity contribution in [1.82, 2.24) is 0 Å². The monoisotopic (exact) mass is 482 g/mol. The standard InChI is InChI=1S/C32H34O4/c1-4-8-29-21-30(12-11-24-9-6-5-7-10-24)26-15-19-28(20-16-26)32(34)36-23(3)22(2)35-31(33)27-17-13-25(29)14-18-27/h4-7,9-10,13-20,22-23,29-30H,1,8,11-12,21H2,2-3H3. The van der Waals surface area contributed by atoms with E-state index < -0.39 is 24.1 Å². The molecule has 4 heterocycles. The lowest BCUT2D eigenvalue weighted by atomic mass is 9.80. The molecule has 4 unspecified atom stereocenters. The van der Waals surface area contributed by atoms with E-state index in [4.69, 9.17) is 9.47 Å². The third kappa shape index (κ3) is 6.31. The second-order valence-electron chi connectivity index (χ2n) is 9.64. The predicted molar refractivity (Wildman–Crippen MR) is 142 cm³/mol. The van der Waals surface area contributed by atoms with Gasteiger partial charge in [-0.1, -0.05) is 60.7 Å². The molecule has 0 aliphatic carbocycles. The van der Waals surface area contributed by atoms with E-state index in [1.807, 2.05) is 60.7 Å². The summed E-state index contributed by atoms with van der Waals surface area (Å²) in [4.78, 5) is 25.5. The highest BCUT2D eigenvalue weighted by Crippen LogP contribution is 2.36. The quantitative estimate of drug-likeness (QED) is 0.284. The van der Waals surface area contributed by atoms with Crippen LogP contribution in [0.2, 0.25) is 0 Å². The van der Waals surface area contributed by atoms with Crippen LogP contribution in [0.25, 0.3) is 0 Å². The van der Waals surface area contributed by atoms with Crippen LogP contribution in [0.3, 0.4) is 0 Å². The number of hydrogen-bond acceptors (Lipinski definition) is 4. The SMILES string of the molecule is C=CCC1CC(CCc2ccccc2)c2ccc(cc2)C(=O)OC(C)C(C)OC(=O)c2ccc1cc2. The number of esters is 2. The lowest BCUT2D eigenvalue weighted by molar-refractivity contribution is -0.0239. The molecule has 3 aromatic carbocycles. The Morgan fingerprint density at radius 2 is 1.25 bits per heavy atom. The van der Waals surface area contributed by atoms with E-state index in [2.05, 4.69) is 30.8 Å². The van der Waals surface area contributed by atoms with Gasteiger partial charge in [0.15, 0.2) is 0 Å². The average molecular weight is 483 g/mol. The molecule has 0 radical (unpaired) electrons. The van der Waals surface area contributed by atoms with E-state index in [0.717, 1.165) is 25.7 Å². The van der Waals surface area contributed by atoms with Gasteiger partial charge in [-0.15, -0.1) is 6.58 Å². The van der Waals surface area contributed by atoms with Crippen LogP contribution in [0, 0.1) is 0 Å². The Bertz CT molecular complexity index is 1170. The molecule has 0 aromatic heterocycles. The maximum absolute atomic E-state index is 12.8. The molecule has 186 valence electrons. The minimum absolute atomic E-state index is 0.257. The fourth-order valence-corrected chi connectivity index (χ4v) is 4.77. The maximum Gasteiger partial charge on any atom is 0.338 e. The van der Waals surface area contributed by atoms with E-state index in [1.54, 1.807) is 13.8 Å². The van der Waals surface area contributed by atoms with E-state index in [-0.39, 0.29) is 5.92 Å². The summed E-state index contributed by atoms with van der Waals surface area (Å²) < 4.78 is 11.2. The highest BCUT2D eigenvalue weighted by atomic mass is 16.6. The molecule has 4 nitrogen and oxygen atoms in total. The topological polar surface area (TPSA) is 52.6 Å². The first-order chi connectivity index (χ1) is 17.4. The average Bonchev–Trinajstić information content (AvgIpc) is 2.90. The first-order valence-corrected chi connectivity index (χ1v) is 12.7. The number of ether oxygens (including phenoxy) is 2. The van der Waals surface area contributed by atoms with E-state index in [0.29, 0.717) is 17.0 Å². The number of carbonyl (C=O) groups is 2. The molecule has 4 bridgehead atoms. The van der Waals surface area contributed by atoms with Crippen molar-refractivity contribution in [2.75, 3.05) is 0 Å². The minimum atomic E-state index is -0.577. The third-order valence-corrected chi connectivity index (χ3v) is 7.13. The van der Waals surface area contributed by atoms with Gasteiger partial charge in [0.1, 0.15) is 12.2 Å². The lowest BCUT2D eigenvalue weighted by Gasteiger charge is -2.24. The number of rotatable bonds is 5. The van der Waals surface area contributed by atoms with Crippen LogP contribution in [0.15, 0.2) is 91.5 Å². The summed E-state index contributed by atoms with van der Waals surface area (Å²) in [5.41, 5.74) is 4.67. The zero-order chi connectivity index (χ0) is 25.5. The Morgan fingerprint density at radius 3 is 1.75 bits per heavy atom. The summed E-state index contributed by atoms with van der Waals surface area (Å²) in [6.45, 7) is 7.47. The van der Waals surface area contributed by atoms with Gasteiger partial charge in [0.05, 0.1) is 11.1 Å². The molecule has 0 N–H and O–H groups in total. The van der Waals surface area contributed by atoms with Crippen molar-refractivity contribution in [3.8, 4) is 0 Å². The minimum Gasteiger partial charge on any atom is -0.455 e. The van der Waals surface area contributed by atoms with Crippen LogP contribution >= 0.6 is 0 Å². The van der Waals surface area contributed by atoms with Crippen LogP contribution in [-0.2, 0) is 15.9 Å². The molecule has 4 aliphatic heterocycles. The summed E-state index contributed by atoms with van der Waals surface area (Å²) in [6, 6.07) is 26.0. The number of hydrogen-bond donors (Lipinski definition) is 0. The summed E-state index contributed by atoms with van der Waals surface area (Å²) in [5, 5.41) is 0.